The molecule has 1 aromatic heterocycles. The van der Waals surface area contributed by atoms with Gasteiger partial charge in [-0.3, -0.25) is 9.69 Å². The van der Waals surface area contributed by atoms with E-state index < -0.39 is 11.7 Å². The summed E-state index contributed by atoms with van der Waals surface area (Å²) in [4.78, 5) is 21.0. The Balaban J connectivity index is 1.20. The average molecular weight is 442 g/mol. The minimum atomic E-state index is -4.43. The number of rotatable bonds is 4. The van der Waals surface area contributed by atoms with Crippen LogP contribution in [0.15, 0.2) is 53.1 Å². The molecule has 0 N–H and O–H groups in total. The first-order chi connectivity index (χ1) is 15.4. The van der Waals surface area contributed by atoms with Gasteiger partial charge in [0.05, 0.1) is 18.0 Å². The zero-order valence-corrected chi connectivity index (χ0v) is 17.2. The molecule has 0 radical (unpaired) electrons. The molecule has 0 saturated carbocycles. The van der Waals surface area contributed by atoms with E-state index >= 15 is 0 Å². The van der Waals surface area contributed by atoms with Crippen LogP contribution in [0.2, 0.25) is 0 Å². The summed E-state index contributed by atoms with van der Waals surface area (Å²) < 4.78 is 44.1. The number of likely N-dealkylation sites (tertiary alicyclic amines) is 1. The molecular formula is C23H21F3N4O2. The Morgan fingerprint density at radius 3 is 2.75 bits per heavy atom. The third-order valence-corrected chi connectivity index (χ3v) is 5.97. The summed E-state index contributed by atoms with van der Waals surface area (Å²) >= 11 is 0. The van der Waals surface area contributed by atoms with Crippen LogP contribution in [0, 0.1) is 0 Å². The molecule has 2 aromatic carbocycles. The summed E-state index contributed by atoms with van der Waals surface area (Å²) in [5.74, 6) is 0.532. The fourth-order valence-electron chi connectivity index (χ4n) is 4.28. The lowest BCUT2D eigenvalue weighted by Crippen LogP contribution is -2.51. The van der Waals surface area contributed by atoms with Crippen molar-refractivity contribution < 1.29 is 22.5 Å². The van der Waals surface area contributed by atoms with E-state index in [-0.39, 0.29) is 23.2 Å². The molecule has 1 fully saturated rings. The number of hydrogen-bond donors (Lipinski definition) is 0. The smallest absolute Gasteiger partial charge is 0.339 e. The van der Waals surface area contributed by atoms with Gasteiger partial charge in [0.15, 0.2) is 0 Å². The molecule has 3 aromatic rings. The van der Waals surface area contributed by atoms with Gasteiger partial charge < -0.3 is 9.42 Å². The maximum Gasteiger partial charge on any atom is 0.416 e. The molecule has 2 aliphatic heterocycles. The Morgan fingerprint density at radius 2 is 1.94 bits per heavy atom. The molecule has 3 heterocycles. The van der Waals surface area contributed by atoms with E-state index in [1.54, 1.807) is 0 Å². The second kappa shape index (κ2) is 8.05. The van der Waals surface area contributed by atoms with Gasteiger partial charge >= 0.3 is 6.18 Å². The van der Waals surface area contributed by atoms with E-state index in [1.165, 1.54) is 17.7 Å². The number of aromatic nitrogens is 2. The highest BCUT2D eigenvalue weighted by atomic mass is 19.4. The standard InChI is InChI=1S/C23H21F3N4O2/c24-23(25,26)18-8-3-6-16(11-18)21-27-22(32-28-21)17-12-29(13-17)14-20(31)30-10-4-7-15-5-1-2-9-19(15)30/h1-3,5-6,8-9,11,17H,4,7,10,12-14H2. The number of carbonyl (C=O) groups is 1. The minimum Gasteiger partial charge on any atom is -0.339 e. The molecule has 1 saturated heterocycles. The number of alkyl halides is 3. The lowest BCUT2D eigenvalue weighted by atomic mass is 9.99. The number of aryl methyl sites for hydroxylation is 1. The van der Waals surface area contributed by atoms with Crippen LogP contribution in [0.1, 0.15) is 29.4 Å². The molecule has 2 aliphatic rings. The van der Waals surface area contributed by atoms with Gasteiger partial charge in [0.2, 0.25) is 17.6 Å². The van der Waals surface area contributed by atoms with Crippen LogP contribution in [0.5, 0.6) is 0 Å². The third-order valence-electron chi connectivity index (χ3n) is 5.97. The first kappa shape index (κ1) is 20.7. The van der Waals surface area contributed by atoms with Crippen molar-refractivity contribution in [3.05, 3.63) is 65.5 Å². The molecule has 32 heavy (non-hydrogen) atoms. The summed E-state index contributed by atoms with van der Waals surface area (Å²) in [6.45, 7) is 2.20. The maximum atomic E-state index is 12.9. The minimum absolute atomic E-state index is 0.0384. The Morgan fingerprint density at radius 1 is 1.12 bits per heavy atom. The highest BCUT2D eigenvalue weighted by Gasteiger charge is 2.35. The van der Waals surface area contributed by atoms with Crippen LogP contribution in [0.3, 0.4) is 0 Å². The van der Waals surface area contributed by atoms with Gasteiger partial charge in [0, 0.05) is 30.9 Å². The summed E-state index contributed by atoms with van der Waals surface area (Å²) in [6.07, 6.45) is -2.50. The summed E-state index contributed by atoms with van der Waals surface area (Å²) in [7, 11) is 0. The van der Waals surface area contributed by atoms with E-state index in [0.29, 0.717) is 25.5 Å². The molecule has 9 heteroatoms. The first-order valence-corrected chi connectivity index (χ1v) is 10.5. The number of amides is 1. The molecule has 1 amide bonds. The third kappa shape index (κ3) is 4.00. The first-order valence-electron chi connectivity index (χ1n) is 10.5. The van der Waals surface area contributed by atoms with Gasteiger partial charge in [-0.05, 0) is 36.6 Å². The number of fused-ring (bicyclic) bond motifs is 1. The summed E-state index contributed by atoms with van der Waals surface area (Å²) in [6, 6.07) is 12.8. The molecule has 0 unspecified atom stereocenters. The molecule has 6 nitrogen and oxygen atoms in total. The van der Waals surface area contributed by atoms with Crippen LogP contribution in [-0.4, -0.2) is 47.1 Å². The summed E-state index contributed by atoms with van der Waals surface area (Å²) in [5.41, 5.74) is 1.68. The zero-order chi connectivity index (χ0) is 22.3. The van der Waals surface area contributed by atoms with Gasteiger partial charge in [-0.25, -0.2) is 0 Å². The predicted octanol–water partition coefficient (Wildman–Crippen LogP) is 4.13. The number of hydrogen-bond acceptors (Lipinski definition) is 5. The van der Waals surface area contributed by atoms with Crippen molar-refractivity contribution in [1.82, 2.24) is 15.0 Å². The van der Waals surface area contributed by atoms with Crippen LogP contribution in [0.25, 0.3) is 11.4 Å². The fourth-order valence-corrected chi connectivity index (χ4v) is 4.28. The van der Waals surface area contributed by atoms with Gasteiger partial charge in [0.1, 0.15) is 0 Å². The van der Waals surface area contributed by atoms with E-state index in [2.05, 4.69) is 16.2 Å². The lowest BCUT2D eigenvalue weighted by Gasteiger charge is -2.38. The number of para-hydroxylation sites is 1. The topological polar surface area (TPSA) is 62.5 Å². The van der Waals surface area contributed by atoms with Crippen molar-refractivity contribution >= 4 is 11.6 Å². The molecule has 0 atom stereocenters. The second-order valence-electron chi connectivity index (χ2n) is 8.20. The Bertz CT molecular complexity index is 1140. The van der Waals surface area contributed by atoms with Crippen molar-refractivity contribution in [2.45, 2.75) is 24.9 Å². The number of anilines is 1. The normalized spacial score (nSPS) is 17.2. The quantitative estimate of drug-likeness (QED) is 0.608. The Hall–Kier alpha value is -3.20. The average Bonchev–Trinajstić information content (AvgIpc) is 3.24. The number of carbonyl (C=O) groups excluding carboxylic acids is 1. The molecular weight excluding hydrogens is 421 g/mol. The van der Waals surface area contributed by atoms with Gasteiger partial charge in [-0.1, -0.05) is 35.5 Å². The SMILES string of the molecule is O=C(CN1CC(c2nc(-c3cccc(C(F)(F)F)c3)no2)C1)N1CCCc2ccccc21. The van der Waals surface area contributed by atoms with Crippen molar-refractivity contribution in [3.8, 4) is 11.4 Å². The van der Waals surface area contributed by atoms with E-state index in [0.717, 1.165) is 37.2 Å². The van der Waals surface area contributed by atoms with E-state index in [1.807, 2.05) is 28.0 Å². The van der Waals surface area contributed by atoms with Crippen LogP contribution < -0.4 is 4.90 Å². The van der Waals surface area contributed by atoms with Crippen LogP contribution >= 0.6 is 0 Å². The molecule has 0 spiro atoms. The van der Waals surface area contributed by atoms with Crippen molar-refractivity contribution in [2.75, 3.05) is 31.1 Å². The molecule has 0 aliphatic carbocycles. The lowest BCUT2D eigenvalue weighted by molar-refractivity contribution is -0.137. The van der Waals surface area contributed by atoms with Crippen LogP contribution in [-0.2, 0) is 17.4 Å². The van der Waals surface area contributed by atoms with E-state index in [9.17, 15) is 18.0 Å². The largest absolute Gasteiger partial charge is 0.416 e. The maximum absolute atomic E-state index is 12.9. The van der Waals surface area contributed by atoms with Crippen LogP contribution in [0.4, 0.5) is 18.9 Å². The van der Waals surface area contributed by atoms with Gasteiger partial charge in [-0.2, -0.15) is 18.2 Å². The predicted molar refractivity (Wildman–Crippen MR) is 111 cm³/mol. The highest BCUT2D eigenvalue weighted by molar-refractivity contribution is 5.96. The molecule has 0 bridgehead atoms. The number of benzene rings is 2. The van der Waals surface area contributed by atoms with Crippen molar-refractivity contribution in [2.24, 2.45) is 0 Å². The second-order valence-corrected chi connectivity index (χ2v) is 8.20. The molecule has 166 valence electrons. The Kier molecular flexibility index (Phi) is 5.21. The zero-order valence-electron chi connectivity index (χ0n) is 17.2. The highest BCUT2D eigenvalue weighted by Crippen LogP contribution is 2.33. The summed E-state index contributed by atoms with van der Waals surface area (Å²) in [5, 5.41) is 3.85. The monoisotopic (exact) mass is 442 g/mol. The number of nitrogens with zero attached hydrogens (tertiary/aromatic N) is 4. The van der Waals surface area contributed by atoms with Crippen molar-refractivity contribution in [1.29, 1.82) is 0 Å². The van der Waals surface area contributed by atoms with Gasteiger partial charge in [-0.15, -0.1) is 0 Å². The van der Waals surface area contributed by atoms with E-state index in [4.69, 9.17) is 4.52 Å². The van der Waals surface area contributed by atoms with Gasteiger partial charge in [0.25, 0.3) is 0 Å². The molecule has 5 rings (SSSR count). The van der Waals surface area contributed by atoms with Crippen molar-refractivity contribution in [3.63, 3.8) is 0 Å². The number of halogens is 3. The fraction of sp³-hybridized carbons (Fsp3) is 0.348. The Labute approximate surface area is 182 Å².